The number of methoxy groups -OCH3 is 1. The molecule has 6 heteroatoms. The molecule has 1 aromatic heterocycles. The van der Waals surface area contributed by atoms with Gasteiger partial charge in [0.2, 0.25) is 10.0 Å². The zero-order valence-electron chi connectivity index (χ0n) is 13.7. The molecule has 0 aliphatic heterocycles. The van der Waals surface area contributed by atoms with E-state index in [1.807, 2.05) is 31.3 Å². The third-order valence-electron chi connectivity index (χ3n) is 3.99. The van der Waals surface area contributed by atoms with Crippen LogP contribution in [0.25, 0.3) is 10.9 Å². The number of nitrogens with one attached hydrogen (secondary N) is 2. The standard InChI is InChI=1S/C18H20N2O3S/c1-13-3-6-16(7-4-13)24(21,22)20-10-9-14-12-19-18-11-15(23-2)5-8-17(14)18/h3-8,11-12,19-20H,9-10H2,1-2H3. The zero-order valence-corrected chi connectivity index (χ0v) is 14.5. The van der Waals surface area contributed by atoms with Crippen molar-refractivity contribution >= 4 is 20.9 Å². The first kappa shape index (κ1) is 16.5. The molecule has 2 N–H and O–H groups in total. The van der Waals surface area contributed by atoms with E-state index in [0.717, 1.165) is 27.8 Å². The molecule has 0 saturated carbocycles. The Balaban J connectivity index is 1.69. The summed E-state index contributed by atoms with van der Waals surface area (Å²) in [6, 6.07) is 12.6. The molecule has 0 aliphatic rings. The number of hydrogen-bond acceptors (Lipinski definition) is 3. The number of sulfonamides is 1. The molecule has 0 radical (unpaired) electrons. The fourth-order valence-corrected chi connectivity index (χ4v) is 3.65. The second kappa shape index (κ2) is 6.67. The van der Waals surface area contributed by atoms with Crippen molar-refractivity contribution in [1.29, 1.82) is 0 Å². The van der Waals surface area contributed by atoms with E-state index in [4.69, 9.17) is 4.74 Å². The van der Waals surface area contributed by atoms with Gasteiger partial charge in [0.05, 0.1) is 12.0 Å². The zero-order chi connectivity index (χ0) is 17.2. The normalized spacial score (nSPS) is 11.8. The van der Waals surface area contributed by atoms with Gasteiger partial charge in [-0.3, -0.25) is 0 Å². The first-order valence-corrected chi connectivity index (χ1v) is 9.18. The van der Waals surface area contributed by atoms with Gasteiger partial charge in [0.1, 0.15) is 5.75 Å². The molecular formula is C18H20N2O3S. The van der Waals surface area contributed by atoms with Crippen molar-refractivity contribution in [1.82, 2.24) is 9.71 Å². The number of fused-ring (bicyclic) bond motifs is 1. The van der Waals surface area contributed by atoms with Crippen molar-refractivity contribution in [2.24, 2.45) is 0 Å². The van der Waals surface area contributed by atoms with Crippen molar-refractivity contribution in [3.63, 3.8) is 0 Å². The lowest BCUT2D eigenvalue weighted by Gasteiger charge is -2.07. The Morgan fingerprint density at radius 1 is 1.12 bits per heavy atom. The Bertz CT molecular complexity index is 944. The van der Waals surface area contributed by atoms with E-state index >= 15 is 0 Å². The van der Waals surface area contributed by atoms with Crippen molar-refractivity contribution < 1.29 is 13.2 Å². The molecule has 0 amide bonds. The molecule has 3 aromatic rings. The molecule has 5 nitrogen and oxygen atoms in total. The molecular weight excluding hydrogens is 324 g/mol. The third kappa shape index (κ3) is 3.44. The van der Waals surface area contributed by atoms with Crippen LogP contribution < -0.4 is 9.46 Å². The smallest absolute Gasteiger partial charge is 0.240 e. The van der Waals surface area contributed by atoms with E-state index in [1.54, 1.807) is 31.4 Å². The van der Waals surface area contributed by atoms with Crippen LogP contribution in [0.15, 0.2) is 53.6 Å². The molecule has 0 bridgehead atoms. The summed E-state index contributed by atoms with van der Waals surface area (Å²) in [4.78, 5) is 3.48. The van der Waals surface area contributed by atoms with Crippen LogP contribution in [0, 0.1) is 6.92 Å². The number of rotatable bonds is 6. The fraction of sp³-hybridized carbons (Fsp3) is 0.222. The molecule has 0 fully saturated rings. The lowest BCUT2D eigenvalue weighted by atomic mass is 10.1. The van der Waals surface area contributed by atoms with Gasteiger partial charge in [0, 0.05) is 29.7 Å². The molecule has 0 aliphatic carbocycles. The van der Waals surface area contributed by atoms with Crippen molar-refractivity contribution in [2.75, 3.05) is 13.7 Å². The number of aryl methyl sites for hydroxylation is 1. The van der Waals surface area contributed by atoms with Gasteiger partial charge < -0.3 is 9.72 Å². The van der Waals surface area contributed by atoms with E-state index in [1.165, 1.54) is 0 Å². The minimum absolute atomic E-state index is 0.289. The summed E-state index contributed by atoms with van der Waals surface area (Å²) in [7, 11) is -1.84. The van der Waals surface area contributed by atoms with Gasteiger partial charge in [0.15, 0.2) is 0 Å². The maximum atomic E-state index is 12.3. The van der Waals surface area contributed by atoms with Crippen LogP contribution in [-0.2, 0) is 16.4 Å². The molecule has 0 unspecified atom stereocenters. The van der Waals surface area contributed by atoms with Gasteiger partial charge in [-0.1, -0.05) is 17.7 Å². The van der Waals surface area contributed by atoms with Crippen LogP contribution in [0.4, 0.5) is 0 Å². The highest BCUT2D eigenvalue weighted by Gasteiger charge is 2.13. The summed E-state index contributed by atoms with van der Waals surface area (Å²) in [6.07, 6.45) is 2.52. The summed E-state index contributed by atoms with van der Waals surface area (Å²) in [5.41, 5.74) is 3.08. The van der Waals surface area contributed by atoms with Gasteiger partial charge in [-0.05, 0) is 43.2 Å². The van der Waals surface area contributed by atoms with E-state index in [-0.39, 0.29) is 4.90 Å². The molecule has 1 heterocycles. The van der Waals surface area contributed by atoms with E-state index in [0.29, 0.717) is 13.0 Å². The van der Waals surface area contributed by atoms with Crippen LogP contribution in [-0.4, -0.2) is 27.1 Å². The highest BCUT2D eigenvalue weighted by atomic mass is 32.2. The summed E-state index contributed by atoms with van der Waals surface area (Å²) >= 11 is 0. The van der Waals surface area contributed by atoms with Crippen LogP contribution >= 0.6 is 0 Å². The predicted molar refractivity (Wildman–Crippen MR) is 94.9 cm³/mol. The number of H-pyrrole nitrogens is 1. The van der Waals surface area contributed by atoms with Crippen LogP contribution in [0.3, 0.4) is 0 Å². The minimum atomic E-state index is -3.47. The maximum absolute atomic E-state index is 12.3. The lowest BCUT2D eigenvalue weighted by Crippen LogP contribution is -2.25. The van der Waals surface area contributed by atoms with E-state index in [9.17, 15) is 8.42 Å². The highest BCUT2D eigenvalue weighted by Crippen LogP contribution is 2.23. The quantitative estimate of drug-likeness (QED) is 0.722. The maximum Gasteiger partial charge on any atom is 0.240 e. The highest BCUT2D eigenvalue weighted by molar-refractivity contribution is 7.89. The van der Waals surface area contributed by atoms with Gasteiger partial charge in [0.25, 0.3) is 0 Å². The average Bonchev–Trinajstić information content (AvgIpc) is 2.97. The van der Waals surface area contributed by atoms with Crippen molar-refractivity contribution in [3.8, 4) is 5.75 Å². The van der Waals surface area contributed by atoms with E-state index < -0.39 is 10.0 Å². The Morgan fingerprint density at radius 2 is 1.88 bits per heavy atom. The first-order chi connectivity index (χ1) is 11.5. The summed E-state index contributed by atoms with van der Waals surface area (Å²) in [5.74, 6) is 0.788. The number of aromatic nitrogens is 1. The Hall–Kier alpha value is -2.31. The van der Waals surface area contributed by atoms with Crippen LogP contribution in [0.5, 0.6) is 5.75 Å². The number of hydrogen-bond donors (Lipinski definition) is 2. The lowest BCUT2D eigenvalue weighted by molar-refractivity contribution is 0.415. The molecule has 2 aromatic carbocycles. The number of ether oxygens (including phenoxy) is 1. The van der Waals surface area contributed by atoms with Gasteiger partial charge in [-0.2, -0.15) is 0 Å². The van der Waals surface area contributed by atoms with Crippen LogP contribution in [0.2, 0.25) is 0 Å². The summed E-state index contributed by atoms with van der Waals surface area (Å²) < 4.78 is 32.4. The second-order valence-electron chi connectivity index (χ2n) is 5.69. The molecule has 0 atom stereocenters. The molecule has 3 rings (SSSR count). The second-order valence-corrected chi connectivity index (χ2v) is 7.45. The Morgan fingerprint density at radius 3 is 2.58 bits per heavy atom. The van der Waals surface area contributed by atoms with Gasteiger partial charge >= 0.3 is 0 Å². The first-order valence-electron chi connectivity index (χ1n) is 7.70. The molecule has 0 saturated heterocycles. The molecule has 0 spiro atoms. The van der Waals surface area contributed by atoms with Crippen molar-refractivity contribution in [2.45, 2.75) is 18.2 Å². The molecule has 24 heavy (non-hydrogen) atoms. The van der Waals surface area contributed by atoms with Gasteiger partial charge in [-0.25, -0.2) is 13.1 Å². The summed E-state index contributed by atoms with van der Waals surface area (Å²) in [6.45, 7) is 2.27. The number of aromatic amines is 1. The van der Waals surface area contributed by atoms with Gasteiger partial charge in [-0.15, -0.1) is 0 Å². The molecule has 126 valence electrons. The number of benzene rings is 2. The third-order valence-corrected chi connectivity index (χ3v) is 5.47. The average molecular weight is 344 g/mol. The van der Waals surface area contributed by atoms with Crippen molar-refractivity contribution in [3.05, 3.63) is 59.8 Å². The fourth-order valence-electron chi connectivity index (χ4n) is 2.62. The Kier molecular flexibility index (Phi) is 4.59. The monoisotopic (exact) mass is 344 g/mol. The largest absolute Gasteiger partial charge is 0.497 e. The SMILES string of the molecule is COc1ccc2c(CCNS(=O)(=O)c3ccc(C)cc3)c[nH]c2c1. The van der Waals surface area contributed by atoms with E-state index in [2.05, 4.69) is 9.71 Å². The minimum Gasteiger partial charge on any atom is -0.497 e. The Labute approximate surface area is 141 Å². The predicted octanol–water partition coefficient (Wildman–Crippen LogP) is 3.01. The topological polar surface area (TPSA) is 71.2 Å². The van der Waals surface area contributed by atoms with Crippen LogP contribution in [0.1, 0.15) is 11.1 Å². The summed E-state index contributed by atoms with van der Waals surface area (Å²) in [5, 5.41) is 1.07.